The van der Waals surface area contributed by atoms with Gasteiger partial charge in [0.25, 0.3) is 6.02 Å². The van der Waals surface area contributed by atoms with E-state index in [4.69, 9.17) is 14.6 Å². The van der Waals surface area contributed by atoms with Crippen LogP contribution in [0.3, 0.4) is 0 Å². The Labute approximate surface area is 159 Å². The third kappa shape index (κ3) is 7.25. The van der Waals surface area contributed by atoms with Crippen molar-refractivity contribution in [3.05, 3.63) is 53.5 Å². The molecule has 0 atom stereocenters. The van der Waals surface area contributed by atoms with Crippen LogP contribution >= 0.6 is 0 Å². The highest BCUT2D eigenvalue weighted by Crippen LogP contribution is 2.14. The number of anilines is 1. The molecule has 0 saturated heterocycles. The van der Waals surface area contributed by atoms with Crippen LogP contribution < -0.4 is 11.1 Å². The zero-order valence-electron chi connectivity index (χ0n) is 15.9. The van der Waals surface area contributed by atoms with Gasteiger partial charge in [-0.2, -0.15) is 4.99 Å². The molecule has 2 aromatic rings. The van der Waals surface area contributed by atoms with Gasteiger partial charge in [0.15, 0.2) is 0 Å². The average Bonchev–Trinajstić information content (AvgIpc) is 3.21. The number of rotatable bonds is 5. The summed E-state index contributed by atoms with van der Waals surface area (Å²) < 4.78 is 10.7. The highest BCUT2D eigenvalue weighted by atomic mass is 16.5. The van der Waals surface area contributed by atoms with Gasteiger partial charge in [-0.15, -0.1) is 0 Å². The molecule has 8 nitrogen and oxygen atoms in total. The molecule has 1 heterocycles. The van der Waals surface area contributed by atoms with Crippen LogP contribution in [0.15, 0.2) is 56.0 Å². The topological polar surface area (TPSA) is 121 Å². The SMILES string of the molecule is C=NC(=NCc1ccco1)/N=C(\Nc1ccc(C)c(C=N)c1)OCC.CN. The highest BCUT2D eigenvalue weighted by molar-refractivity contribution is 6.00. The molecule has 0 fully saturated rings. The number of benzene rings is 1. The van der Waals surface area contributed by atoms with Crippen molar-refractivity contribution in [3.8, 4) is 0 Å². The largest absolute Gasteiger partial charge is 0.467 e. The van der Waals surface area contributed by atoms with Gasteiger partial charge in [0.2, 0.25) is 5.96 Å². The van der Waals surface area contributed by atoms with E-state index in [2.05, 4.69) is 32.7 Å². The van der Waals surface area contributed by atoms with Crippen molar-refractivity contribution in [2.45, 2.75) is 20.4 Å². The van der Waals surface area contributed by atoms with E-state index >= 15 is 0 Å². The minimum absolute atomic E-state index is 0.187. The molecular weight excluding hydrogens is 344 g/mol. The van der Waals surface area contributed by atoms with Crippen LogP contribution in [-0.4, -0.2) is 38.6 Å². The molecule has 27 heavy (non-hydrogen) atoms. The smallest absolute Gasteiger partial charge is 0.297 e. The first-order chi connectivity index (χ1) is 13.2. The van der Waals surface area contributed by atoms with E-state index in [0.717, 1.165) is 16.8 Å². The Morgan fingerprint density at radius 3 is 2.74 bits per heavy atom. The van der Waals surface area contributed by atoms with Gasteiger partial charge in [0.1, 0.15) is 12.3 Å². The van der Waals surface area contributed by atoms with Gasteiger partial charge in [-0.05, 0) is 63.0 Å². The predicted molar refractivity (Wildman–Crippen MR) is 111 cm³/mol. The summed E-state index contributed by atoms with van der Waals surface area (Å²) in [5, 5.41) is 10.5. The number of nitrogens with two attached hydrogens (primary N) is 1. The van der Waals surface area contributed by atoms with E-state index in [1.54, 1.807) is 12.3 Å². The Bertz CT molecular complexity index is 782. The fourth-order valence-corrected chi connectivity index (χ4v) is 1.99. The number of furan rings is 1. The first-order valence-corrected chi connectivity index (χ1v) is 8.37. The van der Waals surface area contributed by atoms with Crippen LogP contribution in [0.1, 0.15) is 23.8 Å². The third-order valence-corrected chi connectivity index (χ3v) is 3.27. The standard InChI is InChI=1S/C18H21N5O2.CH5N/c1-4-24-18(22-15-8-7-13(2)14(10-15)11-19)23-17(20-3)21-12-16-6-5-9-25-16;1-2/h5-11,19H,3-4,12H2,1-2H3,(H,21,22,23);2H2,1H3. The van der Waals surface area contributed by atoms with Crippen molar-refractivity contribution in [2.24, 2.45) is 20.7 Å². The number of aryl methyl sites for hydroxylation is 1. The maximum absolute atomic E-state index is 7.45. The summed E-state index contributed by atoms with van der Waals surface area (Å²) in [4.78, 5) is 12.3. The maximum atomic E-state index is 7.45. The normalized spacial score (nSPS) is 11.3. The predicted octanol–water partition coefficient (Wildman–Crippen LogP) is 3.22. The Balaban J connectivity index is 0.00000176. The number of aliphatic imine (C=N–C) groups is 3. The second-order valence-corrected chi connectivity index (χ2v) is 5.04. The van der Waals surface area contributed by atoms with Crippen molar-refractivity contribution in [2.75, 3.05) is 19.0 Å². The number of hydrogen-bond acceptors (Lipinski definition) is 5. The molecule has 0 unspecified atom stereocenters. The molecule has 0 saturated carbocycles. The lowest BCUT2D eigenvalue weighted by Gasteiger charge is -2.11. The Kier molecular flexibility index (Phi) is 9.80. The fraction of sp³-hybridized carbons (Fsp3) is 0.263. The average molecular weight is 370 g/mol. The highest BCUT2D eigenvalue weighted by Gasteiger charge is 2.05. The molecule has 0 aliphatic carbocycles. The van der Waals surface area contributed by atoms with Crippen LogP contribution in [0.5, 0.6) is 0 Å². The first-order valence-electron chi connectivity index (χ1n) is 8.37. The maximum Gasteiger partial charge on any atom is 0.297 e. The minimum Gasteiger partial charge on any atom is -0.467 e. The lowest BCUT2D eigenvalue weighted by molar-refractivity contribution is 0.327. The Morgan fingerprint density at radius 2 is 2.15 bits per heavy atom. The van der Waals surface area contributed by atoms with Gasteiger partial charge in [-0.1, -0.05) is 6.07 Å². The molecule has 4 N–H and O–H groups in total. The molecule has 1 aromatic heterocycles. The Morgan fingerprint density at radius 1 is 1.37 bits per heavy atom. The zero-order chi connectivity index (χ0) is 20.1. The molecule has 0 bridgehead atoms. The van der Waals surface area contributed by atoms with Gasteiger partial charge < -0.3 is 25.6 Å². The van der Waals surface area contributed by atoms with Gasteiger partial charge in [-0.25, -0.2) is 9.98 Å². The number of nitrogens with one attached hydrogen (secondary N) is 2. The lowest BCUT2D eigenvalue weighted by atomic mass is 10.1. The van der Waals surface area contributed by atoms with E-state index < -0.39 is 0 Å². The quantitative estimate of drug-likeness (QED) is 0.552. The van der Waals surface area contributed by atoms with Crippen molar-refractivity contribution < 1.29 is 9.15 Å². The molecule has 0 spiro atoms. The van der Waals surface area contributed by atoms with E-state index in [1.165, 1.54) is 13.3 Å². The van der Waals surface area contributed by atoms with Crippen LogP contribution in [0.4, 0.5) is 5.69 Å². The van der Waals surface area contributed by atoms with Gasteiger partial charge in [0.05, 0.1) is 12.9 Å². The summed E-state index contributed by atoms with van der Waals surface area (Å²) in [5.74, 6) is 0.892. The molecule has 0 aliphatic heterocycles. The molecule has 8 heteroatoms. The molecule has 0 amide bonds. The van der Waals surface area contributed by atoms with Crippen molar-refractivity contribution in [3.63, 3.8) is 0 Å². The van der Waals surface area contributed by atoms with Crippen molar-refractivity contribution >= 4 is 30.6 Å². The molecule has 0 aliphatic rings. The second kappa shape index (κ2) is 12.2. The number of amidine groups is 1. The van der Waals surface area contributed by atoms with Crippen LogP contribution in [0.25, 0.3) is 0 Å². The third-order valence-electron chi connectivity index (χ3n) is 3.27. The molecule has 0 radical (unpaired) electrons. The van der Waals surface area contributed by atoms with Gasteiger partial charge in [0, 0.05) is 11.9 Å². The van der Waals surface area contributed by atoms with E-state index in [9.17, 15) is 0 Å². The molecule has 144 valence electrons. The lowest BCUT2D eigenvalue weighted by Crippen LogP contribution is -2.18. The first kappa shape index (κ1) is 21.8. The summed E-state index contributed by atoms with van der Waals surface area (Å²) in [5.41, 5.74) is 7.09. The number of ether oxygens (including phenoxy) is 1. The fourth-order valence-electron chi connectivity index (χ4n) is 1.99. The van der Waals surface area contributed by atoms with Crippen LogP contribution in [-0.2, 0) is 11.3 Å². The minimum atomic E-state index is 0.187. The number of hydrogen-bond donors (Lipinski definition) is 3. The summed E-state index contributed by atoms with van der Waals surface area (Å²) in [6.07, 6.45) is 2.89. The molecule has 1 aromatic carbocycles. The Hall–Kier alpha value is -3.26. The van der Waals surface area contributed by atoms with Gasteiger partial charge in [-0.3, -0.25) is 0 Å². The summed E-state index contributed by atoms with van der Waals surface area (Å²) in [7, 11) is 1.50. The van der Waals surface area contributed by atoms with E-state index in [-0.39, 0.29) is 12.0 Å². The van der Waals surface area contributed by atoms with Crippen molar-refractivity contribution in [1.82, 2.24) is 0 Å². The van der Waals surface area contributed by atoms with Gasteiger partial charge >= 0.3 is 0 Å². The summed E-state index contributed by atoms with van der Waals surface area (Å²) >= 11 is 0. The van der Waals surface area contributed by atoms with Crippen LogP contribution in [0, 0.1) is 12.3 Å². The number of guanidine groups is 1. The summed E-state index contributed by atoms with van der Waals surface area (Å²) in [6, 6.07) is 9.52. The van der Waals surface area contributed by atoms with E-state index in [0.29, 0.717) is 18.9 Å². The molecular formula is C19H26N6O2. The number of nitrogens with zero attached hydrogens (tertiary/aromatic N) is 3. The monoisotopic (exact) mass is 370 g/mol. The summed E-state index contributed by atoms with van der Waals surface area (Å²) in [6.45, 7) is 8.03. The van der Waals surface area contributed by atoms with Crippen molar-refractivity contribution in [1.29, 1.82) is 5.41 Å². The second-order valence-electron chi connectivity index (χ2n) is 5.04. The van der Waals surface area contributed by atoms with E-state index in [1.807, 2.05) is 38.1 Å². The molecule has 2 rings (SSSR count). The van der Waals surface area contributed by atoms with Crippen LogP contribution in [0.2, 0.25) is 0 Å². The zero-order valence-corrected chi connectivity index (χ0v) is 15.9.